The maximum Gasteiger partial charge on any atom is 0.350 e. The van der Waals surface area contributed by atoms with E-state index in [-0.39, 0.29) is 17.9 Å². The number of methoxy groups -OCH3 is 1. The van der Waals surface area contributed by atoms with Gasteiger partial charge in [-0.1, -0.05) is 31.2 Å². The Morgan fingerprint density at radius 3 is 2.43 bits per heavy atom. The Balaban J connectivity index is 1.47. The van der Waals surface area contributed by atoms with Crippen molar-refractivity contribution < 1.29 is 14.3 Å². The monoisotopic (exact) mass is 516 g/mol. The van der Waals surface area contributed by atoms with Crippen molar-refractivity contribution in [3.05, 3.63) is 59.7 Å². The Morgan fingerprint density at radius 1 is 1.05 bits per heavy atom. The fourth-order valence-electron chi connectivity index (χ4n) is 5.08. The molecule has 0 unspecified atom stereocenters. The van der Waals surface area contributed by atoms with E-state index in [2.05, 4.69) is 17.0 Å². The molecule has 1 amide bonds. The van der Waals surface area contributed by atoms with Crippen molar-refractivity contribution in [3.8, 4) is 21.7 Å². The molecule has 192 valence electrons. The fourth-order valence-corrected chi connectivity index (χ4v) is 6.15. The largest absolute Gasteiger partial charge is 0.465 e. The van der Waals surface area contributed by atoms with Gasteiger partial charge in [-0.25, -0.2) is 14.3 Å². The minimum atomic E-state index is -0.420. The number of carbonyl (C=O) groups excluding carboxylic acids is 2. The van der Waals surface area contributed by atoms with Crippen LogP contribution in [0.25, 0.3) is 27.3 Å². The standard InChI is InChI=1S/C29H32N4O3S/c1-18(2)33(28(34)22-7-5-19(3)6-8-22)24-17-25(37-27(24)29(35)36-4)21-11-9-20(10-12-21)23-14-16-32-26(31-23)13-15-30-32/h9-19,22H,5-8H2,1-4H3/t19-,22-. The highest BCUT2D eigenvalue weighted by Gasteiger charge is 2.33. The van der Waals surface area contributed by atoms with Crippen LogP contribution < -0.4 is 4.90 Å². The van der Waals surface area contributed by atoms with Gasteiger partial charge in [-0.2, -0.15) is 5.10 Å². The topological polar surface area (TPSA) is 76.8 Å². The van der Waals surface area contributed by atoms with Crippen molar-refractivity contribution in [2.75, 3.05) is 12.0 Å². The quantitative estimate of drug-likeness (QED) is 0.274. The number of benzene rings is 1. The highest BCUT2D eigenvalue weighted by molar-refractivity contribution is 7.18. The lowest BCUT2D eigenvalue weighted by molar-refractivity contribution is -0.123. The number of carbonyl (C=O) groups is 2. The molecule has 8 heteroatoms. The third-order valence-electron chi connectivity index (χ3n) is 7.18. The van der Waals surface area contributed by atoms with Crippen LogP contribution in [0.5, 0.6) is 0 Å². The summed E-state index contributed by atoms with van der Waals surface area (Å²) in [7, 11) is 1.38. The van der Waals surface area contributed by atoms with Crippen molar-refractivity contribution >= 4 is 34.5 Å². The Bertz CT molecular complexity index is 1410. The van der Waals surface area contributed by atoms with Gasteiger partial charge in [-0.05, 0) is 63.1 Å². The van der Waals surface area contributed by atoms with Gasteiger partial charge < -0.3 is 9.64 Å². The summed E-state index contributed by atoms with van der Waals surface area (Å²) in [5, 5.41) is 4.20. The van der Waals surface area contributed by atoms with Crippen LogP contribution in [0.3, 0.4) is 0 Å². The molecule has 0 bridgehead atoms. The summed E-state index contributed by atoms with van der Waals surface area (Å²) in [6.45, 7) is 6.25. The molecule has 1 aliphatic carbocycles. The summed E-state index contributed by atoms with van der Waals surface area (Å²) < 4.78 is 6.85. The molecule has 1 fully saturated rings. The molecule has 0 N–H and O–H groups in total. The maximum atomic E-state index is 13.7. The third kappa shape index (κ3) is 5.03. The molecule has 0 atom stereocenters. The van der Waals surface area contributed by atoms with Gasteiger partial charge >= 0.3 is 5.97 Å². The first-order valence-corrected chi connectivity index (χ1v) is 13.6. The average Bonchev–Trinajstić information content (AvgIpc) is 3.56. The summed E-state index contributed by atoms with van der Waals surface area (Å²) in [5.41, 5.74) is 4.25. The number of thiophene rings is 1. The number of fused-ring (bicyclic) bond motifs is 1. The average molecular weight is 517 g/mol. The van der Waals surface area contributed by atoms with Crippen LogP contribution in [-0.2, 0) is 9.53 Å². The first-order chi connectivity index (χ1) is 17.9. The van der Waals surface area contributed by atoms with Crippen molar-refractivity contribution in [1.82, 2.24) is 14.6 Å². The van der Waals surface area contributed by atoms with Gasteiger partial charge in [0.15, 0.2) is 5.65 Å². The Hall–Kier alpha value is -3.52. The highest BCUT2D eigenvalue weighted by atomic mass is 32.1. The zero-order valence-electron chi connectivity index (χ0n) is 21.7. The number of anilines is 1. The van der Waals surface area contributed by atoms with E-state index in [9.17, 15) is 9.59 Å². The van der Waals surface area contributed by atoms with Crippen LogP contribution >= 0.6 is 11.3 Å². The lowest BCUT2D eigenvalue weighted by Crippen LogP contribution is -2.42. The summed E-state index contributed by atoms with van der Waals surface area (Å²) in [6, 6.07) is 13.8. The molecule has 37 heavy (non-hydrogen) atoms. The normalized spacial score (nSPS) is 17.8. The van der Waals surface area contributed by atoms with E-state index in [4.69, 9.17) is 4.74 Å². The number of aromatic nitrogens is 3. The smallest absolute Gasteiger partial charge is 0.350 e. The van der Waals surface area contributed by atoms with Gasteiger partial charge in [0.1, 0.15) is 4.88 Å². The van der Waals surface area contributed by atoms with E-state index in [1.807, 2.05) is 67.4 Å². The Kier molecular flexibility index (Phi) is 7.11. The molecule has 3 heterocycles. The summed E-state index contributed by atoms with van der Waals surface area (Å²) in [6.07, 6.45) is 7.54. The van der Waals surface area contributed by atoms with Crippen LogP contribution in [0.1, 0.15) is 56.1 Å². The van der Waals surface area contributed by atoms with Crippen molar-refractivity contribution in [3.63, 3.8) is 0 Å². The van der Waals surface area contributed by atoms with Gasteiger partial charge in [0, 0.05) is 34.7 Å². The van der Waals surface area contributed by atoms with Gasteiger partial charge in [0.05, 0.1) is 24.7 Å². The van der Waals surface area contributed by atoms with E-state index in [0.29, 0.717) is 16.5 Å². The molecule has 0 saturated heterocycles. The molecule has 1 aliphatic rings. The molecular weight excluding hydrogens is 484 g/mol. The zero-order valence-corrected chi connectivity index (χ0v) is 22.5. The molecule has 3 aromatic heterocycles. The predicted octanol–water partition coefficient (Wildman–Crippen LogP) is 6.48. The number of ether oxygens (including phenoxy) is 1. The van der Waals surface area contributed by atoms with Gasteiger partial charge in [0.2, 0.25) is 5.91 Å². The van der Waals surface area contributed by atoms with E-state index < -0.39 is 5.97 Å². The summed E-state index contributed by atoms with van der Waals surface area (Å²) >= 11 is 1.36. The lowest BCUT2D eigenvalue weighted by atomic mass is 9.82. The second-order valence-electron chi connectivity index (χ2n) is 10.1. The number of nitrogens with zero attached hydrogens (tertiary/aromatic N) is 4. The SMILES string of the molecule is COC(=O)c1sc(-c2ccc(-c3ccn4nccc4n3)cc2)cc1N(C(=O)[C@H]1CC[C@H](C)CC1)C(C)C. The Morgan fingerprint density at radius 2 is 1.76 bits per heavy atom. The number of esters is 1. The molecule has 5 rings (SSSR count). The molecule has 0 radical (unpaired) electrons. The minimum absolute atomic E-state index is 0.00707. The highest BCUT2D eigenvalue weighted by Crippen LogP contribution is 2.40. The molecular formula is C29H32N4O3S. The molecule has 4 aromatic rings. The second kappa shape index (κ2) is 10.5. The van der Waals surface area contributed by atoms with Crippen LogP contribution in [0.4, 0.5) is 5.69 Å². The first-order valence-electron chi connectivity index (χ1n) is 12.8. The summed E-state index contributed by atoms with van der Waals surface area (Å²) in [5.74, 6) is 0.340. The van der Waals surface area contributed by atoms with Crippen molar-refractivity contribution in [1.29, 1.82) is 0 Å². The van der Waals surface area contributed by atoms with Crippen LogP contribution in [0, 0.1) is 11.8 Å². The maximum absolute atomic E-state index is 13.7. The van der Waals surface area contributed by atoms with Crippen molar-refractivity contribution in [2.45, 2.75) is 52.5 Å². The van der Waals surface area contributed by atoms with Crippen LogP contribution in [-0.4, -0.2) is 39.6 Å². The molecule has 0 aliphatic heterocycles. The first kappa shape index (κ1) is 25.1. The van der Waals surface area contributed by atoms with Gasteiger partial charge in [-0.3, -0.25) is 4.79 Å². The number of rotatable bonds is 6. The number of hydrogen-bond acceptors (Lipinski definition) is 6. The fraction of sp³-hybridized carbons (Fsp3) is 0.379. The van der Waals surface area contributed by atoms with Gasteiger partial charge in [-0.15, -0.1) is 11.3 Å². The minimum Gasteiger partial charge on any atom is -0.465 e. The second-order valence-corrected chi connectivity index (χ2v) is 11.2. The number of hydrogen-bond donors (Lipinski definition) is 0. The molecule has 1 aromatic carbocycles. The van der Waals surface area contributed by atoms with E-state index in [0.717, 1.165) is 53.0 Å². The molecule has 0 spiro atoms. The predicted molar refractivity (Wildman–Crippen MR) is 147 cm³/mol. The lowest BCUT2D eigenvalue weighted by Gasteiger charge is -2.33. The third-order valence-corrected chi connectivity index (χ3v) is 8.34. The van der Waals surface area contributed by atoms with E-state index >= 15 is 0 Å². The van der Waals surface area contributed by atoms with Crippen LogP contribution in [0.2, 0.25) is 0 Å². The van der Waals surface area contributed by atoms with Crippen molar-refractivity contribution in [2.24, 2.45) is 11.8 Å². The zero-order chi connectivity index (χ0) is 26.1. The van der Waals surface area contributed by atoms with E-state index in [1.165, 1.54) is 18.4 Å². The Labute approximate surface area is 221 Å². The van der Waals surface area contributed by atoms with Crippen LogP contribution in [0.15, 0.2) is 54.9 Å². The van der Waals surface area contributed by atoms with Gasteiger partial charge in [0.25, 0.3) is 0 Å². The molecule has 1 saturated carbocycles. The number of amides is 1. The molecule has 7 nitrogen and oxygen atoms in total. The van der Waals surface area contributed by atoms with E-state index in [1.54, 1.807) is 10.7 Å². The summed E-state index contributed by atoms with van der Waals surface area (Å²) in [4.78, 5) is 34.4.